The summed E-state index contributed by atoms with van der Waals surface area (Å²) in [5.41, 5.74) is 4.88. The molecule has 20 heavy (non-hydrogen) atoms. The van der Waals surface area contributed by atoms with Crippen LogP contribution in [0.5, 0.6) is 0 Å². The lowest BCUT2D eigenvalue weighted by atomic mass is 10.0. The molecule has 1 aliphatic rings. The molecule has 0 aliphatic carbocycles. The molecule has 2 N–H and O–H groups in total. The maximum atomic E-state index is 11.7. The van der Waals surface area contributed by atoms with Crippen LogP contribution in [0.3, 0.4) is 0 Å². The highest BCUT2D eigenvalue weighted by atomic mass is 16.2. The first-order chi connectivity index (χ1) is 9.72. The molecule has 3 aromatic rings. The summed E-state index contributed by atoms with van der Waals surface area (Å²) in [7, 11) is 0. The minimum absolute atomic E-state index is 0.0572. The molecule has 98 valence electrons. The average molecular weight is 263 g/mol. The summed E-state index contributed by atoms with van der Waals surface area (Å²) < 4.78 is 0. The van der Waals surface area contributed by atoms with Gasteiger partial charge in [0.05, 0.1) is 17.0 Å². The van der Waals surface area contributed by atoms with Gasteiger partial charge in [-0.15, -0.1) is 0 Å². The SMILES string of the molecule is CC1C(=O)Nc2cc(-c3nc4ccccc4[nH]3)ccc21. The van der Waals surface area contributed by atoms with E-state index in [1.807, 2.05) is 49.4 Å². The Morgan fingerprint density at radius 1 is 1.15 bits per heavy atom. The van der Waals surface area contributed by atoms with Crippen LogP contribution in [-0.2, 0) is 4.79 Å². The normalized spacial score (nSPS) is 17.2. The van der Waals surface area contributed by atoms with Crippen molar-refractivity contribution in [1.82, 2.24) is 9.97 Å². The predicted molar refractivity (Wildman–Crippen MR) is 78.6 cm³/mol. The van der Waals surface area contributed by atoms with Gasteiger partial charge in [0, 0.05) is 11.3 Å². The van der Waals surface area contributed by atoms with Crippen molar-refractivity contribution < 1.29 is 4.79 Å². The first-order valence-corrected chi connectivity index (χ1v) is 6.62. The quantitative estimate of drug-likeness (QED) is 0.707. The zero-order chi connectivity index (χ0) is 13.7. The van der Waals surface area contributed by atoms with Gasteiger partial charge < -0.3 is 10.3 Å². The van der Waals surface area contributed by atoms with Crippen molar-refractivity contribution in [2.45, 2.75) is 12.8 Å². The fourth-order valence-corrected chi connectivity index (χ4v) is 2.66. The second-order valence-electron chi connectivity index (χ2n) is 5.12. The number of fused-ring (bicyclic) bond motifs is 2. The number of H-pyrrole nitrogens is 1. The van der Waals surface area contributed by atoms with Gasteiger partial charge in [-0.05, 0) is 30.7 Å². The van der Waals surface area contributed by atoms with Gasteiger partial charge in [-0.2, -0.15) is 0 Å². The molecular formula is C16H13N3O. The molecule has 0 radical (unpaired) electrons. The maximum Gasteiger partial charge on any atom is 0.231 e. The Kier molecular flexibility index (Phi) is 2.21. The zero-order valence-electron chi connectivity index (χ0n) is 11.0. The van der Waals surface area contributed by atoms with E-state index in [-0.39, 0.29) is 11.8 Å². The first kappa shape index (κ1) is 11.2. The largest absolute Gasteiger partial charge is 0.338 e. The number of anilines is 1. The standard InChI is InChI=1S/C16H13N3O/c1-9-11-7-6-10(8-14(11)19-16(9)20)15-17-12-4-2-3-5-13(12)18-15/h2-9H,1H3,(H,17,18)(H,19,20). The van der Waals surface area contributed by atoms with E-state index in [0.29, 0.717) is 0 Å². The van der Waals surface area contributed by atoms with Crippen LogP contribution in [0.1, 0.15) is 18.4 Å². The summed E-state index contributed by atoms with van der Waals surface area (Å²) >= 11 is 0. The topological polar surface area (TPSA) is 57.8 Å². The second-order valence-corrected chi connectivity index (χ2v) is 5.12. The number of hydrogen-bond donors (Lipinski definition) is 2. The van der Waals surface area contributed by atoms with E-state index in [4.69, 9.17) is 0 Å². The van der Waals surface area contributed by atoms with Crippen LogP contribution in [0.4, 0.5) is 5.69 Å². The van der Waals surface area contributed by atoms with Crippen LogP contribution >= 0.6 is 0 Å². The summed E-state index contributed by atoms with van der Waals surface area (Å²) in [6.07, 6.45) is 0. The number of hydrogen-bond acceptors (Lipinski definition) is 2. The molecule has 1 unspecified atom stereocenters. The number of rotatable bonds is 1. The molecule has 1 atom stereocenters. The second kappa shape index (κ2) is 3.93. The van der Waals surface area contributed by atoms with Gasteiger partial charge in [-0.25, -0.2) is 4.98 Å². The lowest BCUT2D eigenvalue weighted by Gasteiger charge is -2.03. The van der Waals surface area contributed by atoms with Crippen LogP contribution in [-0.4, -0.2) is 15.9 Å². The van der Waals surface area contributed by atoms with Crippen molar-refractivity contribution in [3.8, 4) is 11.4 Å². The van der Waals surface area contributed by atoms with Crippen molar-refractivity contribution >= 4 is 22.6 Å². The molecule has 0 spiro atoms. The number of aromatic amines is 1. The summed E-state index contributed by atoms with van der Waals surface area (Å²) in [6, 6.07) is 13.9. The molecule has 2 aromatic carbocycles. The predicted octanol–water partition coefficient (Wildman–Crippen LogP) is 3.29. The van der Waals surface area contributed by atoms with E-state index in [1.54, 1.807) is 0 Å². The van der Waals surface area contributed by atoms with E-state index in [0.717, 1.165) is 33.7 Å². The molecule has 1 aromatic heterocycles. The van der Waals surface area contributed by atoms with Gasteiger partial charge in [0.15, 0.2) is 0 Å². The molecule has 1 aliphatic heterocycles. The van der Waals surface area contributed by atoms with Gasteiger partial charge in [-0.1, -0.05) is 24.3 Å². The van der Waals surface area contributed by atoms with Crippen LogP contribution in [0.25, 0.3) is 22.4 Å². The van der Waals surface area contributed by atoms with Crippen molar-refractivity contribution in [2.24, 2.45) is 0 Å². The number of nitrogens with one attached hydrogen (secondary N) is 2. The summed E-state index contributed by atoms with van der Waals surface area (Å²) in [6.45, 7) is 1.92. The molecule has 0 fully saturated rings. The van der Waals surface area contributed by atoms with Gasteiger partial charge in [-0.3, -0.25) is 4.79 Å². The highest BCUT2D eigenvalue weighted by Gasteiger charge is 2.26. The van der Waals surface area contributed by atoms with E-state index in [1.165, 1.54) is 0 Å². The Morgan fingerprint density at radius 2 is 2.00 bits per heavy atom. The van der Waals surface area contributed by atoms with Crippen molar-refractivity contribution in [3.05, 3.63) is 48.0 Å². The zero-order valence-corrected chi connectivity index (χ0v) is 11.0. The number of para-hydroxylation sites is 2. The Hall–Kier alpha value is -2.62. The van der Waals surface area contributed by atoms with E-state index in [9.17, 15) is 4.79 Å². The molecule has 4 heteroatoms. The molecule has 0 bridgehead atoms. The fraction of sp³-hybridized carbons (Fsp3) is 0.125. The smallest absolute Gasteiger partial charge is 0.231 e. The number of carbonyl (C=O) groups excluding carboxylic acids is 1. The Bertz CT molecular complexity index is 802. The van der Waals surface area contributed by atoms with Crippen molar-refractivity contribution in [2.75, 3.05) is 5.32 Å². The fourth-order valence-electron chi connectivity index (χ4n) is 2.66. The lowest BCUT2D eigenvalue weighted by molar-refractivity contribution is -0.116. The third-order valence-electron chi connectivity index (χ3n) is 3.83. The van der Waals surface area contributed by atoms with E-state index < -0.39 is 0 Å². The van der Waals surface area contributed by atoms with Gasteiger partial charge in [0.2, 0.25) is 5.91 Å². The lowest BCUT2D eigenvalue weighted by Crippen LogP contribution is -2.08. The van der Waals surface area contributed by atoms with Crippen molar-refractivity contribution in [3.63, 3.8) is 0 Å². The average Bonchev–Trinajstić information content (AvgIpc) is 3.01. The third kappa shape index (κ3) is 1.54. The first-order valence-electron chi connectivity index (χ1n) is 6.62. The Morgan fingerprint density at radius 3 is 2.85 bits per heavy atom. The molecule has 1 amide bonds. The molecule has 4 rings (SSSR count). The van der Waals surface area contributed by atoms with Crippen LogP contribution in [0, 0.1) is 0 Å². The van der Waals surface area contributed by atoms with Gasteiger partial charge >= 0.3 is 0 Å². The summed E-state index contributed by atoms with van der Waals surface area (Å²) in [4.78, 5) is 19.6. The van der Waals surface area contributed by atoms with Crippen LogP contribution in [0.2, 0.25) is 0 Å². The van der Waals surface area contributed by atoms with Gasteiger partial charge in [0.25, 0.3) is 0 Å². The number of aromatic nitrogens is 2. The number of amides is 1. The molecule has 0 saturated carbocycles. The molecule has 0 saturated heterocycles. The number of benzene rings is 2. The Labute approximate surface area is 115 Å². The summed E-state index contributed by atoms with van der Waals surface area (Å²) in [5.74, 6) is 0.805. The van der Waals surface area contributed by atoms with Crippen LogP contribution < -0.4 is 5.32 Å². The molecule has 4 nitrogen and oxygen atoms in total. The number of carbonyl (C=O) groups is 1. The highest BCUT2D eigenvalue weighted by Crippen LogP contribution is 2.35. The molecule has 2 heterocycles. The summed E-state index contributed by atoms with van der Waals surface area (Å²) in [5, 5.41) is 2.91. The van der Waals surface area contributed by atoms with E-state index in [2.05, 4.69) is 15.3 Å². The monoisotopic (exact) mass is 263 g/mol. The minimum atomic E-state index is -0.0743. The third-order valence-corrected chi connectivity index (χ3v) is 3.83. The molecular weight excluding hydrogens is 250 g/mol. The highest BCUT2D eigenvalue weighted by molar-refractivity contribution is 6.03. The van der Waals surface area contributed by atoms with Crippen LogP contribution in [0.15, 0.2) is 42.5 Å². The van der Waals surface area contributed by atoms with E-state index >= 15 is 0 Å². The number of imidazole rings is 1. The van der Waals surface area contributed by atoms with Gasteiger partial charge in [0.1, 0.15) is 5.82 Å². The maximum absolute atomic E-state index is 11.7. The van der Waals surface area contributed by atoms with Crippen molar-refractivity contribution in [1.29, 1.82) is 0 Å². The Balaban J connectivity index is 1.83. The minimum Gasteiger partial charge on any atom is -0.338 e. The number of nitrogens with zero attached hydrogens (tertiary/aromatic N) is 1.